The molecular weight excluding hydrogens is 198 g/mol. The average molecular weight is 213 g/mol. The predicted octanol–water partition coefficient (Wildman–Crippen LogP) is 1.72. The average Bonchev–Trinajstić information content (AvgIpc) is 2.53. The number of aromatic nitrogens is 2. The summed E-state index contributed by atoms with van der Waals surface area (Å²) in [6, 6.07) is 2.10. The van der Waals surface area contributed by atoms with Crippen LogP contribution in [0.2, 0.25) is 0 Å². The summed E-state index contributed by atoms with van der Waals surface area (Å²) >= 11 is 3.98. The number of carbonyl (C=O) groups excluding carboxylic acids is 1. The number of nitrogens with zero attached hydrogens (tertiary/aromatic N) is 2. The summed E-state index contributed by atoms with van der Waals surface area (Å²) in [5, 5.41) is 6.89. The SMILES string of the molecule is CC(C)n1ccc(NC(=O)CCS)n1. The number of rotatable bonds is 4. The van der Waals surface area contributed by atoms with Crippen molar-refractivity contribution >= 4 is 24.4 Å². The van der Waals surface area contributed by atoms with Crippen LogP contribution in [-0.2, 0) is 4.79 Å². The molecule has 78 valence electrons. The van der Waals surface area contributed by atoms with Gasteiger partial charge >= 0.3 is 0 Å². The largest absolute Gasteiger partial charge is 0.309 e. The van der Waals surface area contributed by atoms with Crippen LogP contribution in [0.5, 0.6) is 0 Å². The van der Waals surface area contributed by atoms with Gasteiger partial charge in [0, 0.05) is 24.7 Å². The van der Waals surface area contributed by atoms with E-state index in [1.54, 1.807) is 10.7 Å². The standard InChI is InChI=1S/C9H15N3OS/c1-7(2)12-5-3-8(11-12)10-9(13)4-6-14/h3,5,7,14H,4,6H2,1-2H3,(H,10,11,13). The summed E-state index contributed by atoms with van der Waals surface area (Å²) in [6.07, 6.45) is 2.26. The molecule has 0 unspecified atom stereocenters. The molecule has 0 atom stereocenters. The van der Waals surface area contributed by atoms with Gasteiger partial charge in [-0.25, -0.2) is 0 Å². The third-order valence-electron chi connectivity index (χ3n) is 1.74. The highest BCUT2D eigenvalue weighted by Crippen LogP contribution is 2.08. The summed E-state index contributed by atoms with van der Waals surface area (Å²) in [6.45, 7) is 4.07. The van der Waals surface area contributed by atoms with E-state index in [-0.39, 0.29) is 5.91 Å². The number of thiol groups is 1. The first-order valence-corrected chi connectivity index (χ1v) is 5.22. The molecule has 0 aliphatic carbocycles. The van der Waals surface area contributed by atoms with Crippen molar-refractivity contribution in [1.29, 1.82) is 0 Å². The van der Waals surface area contributed by atoms with Gasteiger partial charge in [-0.15, -0.1) is 0 Å². The third-order valence-corrected chi connectivity index (χ3v) is 1.97. The van der Waals surface area contributed by atoms with E-state index in [4.69, 9.17) is 0 Å². The summed E-state index contributed by atoms with van der Waals surface area (Å²) < 4.78 is 1.80. The van der Waals surface area contributed by atoms with Crippen LogP contribution in [0.15, 0.2) is 12.3 Å². The van der Waals surface area contributed by atoms with E-state index in [0.29, 0.717) is 24.0 Å². The normalized spacial score (nSPS) is 10.6. The van der Waals surface area contributed by atoms with Crippen LogP contribution in [0.4, 0.5) is 5.82 Å². The van der Waals surface area contributed by atoms with Crippen LogP contribution < -0.4 is 5.32 Å². The van der Waals surface area contributed by atoms with Crippen LogP contribution in [-0.4, -0.2) is 21.4 Å². The highest BCUT2D eigenvalue weighted by Gasteiger charge is 2.04. The number of carbonyl (C=O) groups is 1. The molecule has 0 spiro atoms. The van der Waals surface area contributed by atoms with Crippen molar-refractivity contribution in [2.75, 3.05) is 11.1 Å². The molecule has 0 radical (unpaired) electrons. The minimum atomic E-state index is -0.0472. The van der Waals surface area contributed by atoms with Gasteiger partial charge in [0.05, 0.1) is 0 Å². The number of anilines is 1. The molecule has 0 aromatic carbocycles. The van der Waals surface area contributed by atoms with E-state index in [9.17, 15) is 4.79 Å². The summed E-state index contributed by atoms with van der Waals surface area (Å²) in [7, 11) is 0. The van der Waals surface area contributed by atoms with Crippen molar-refractivity contribution in [2.45, 2.75) is 26.3 Å². The predicted molar refractivity (Wildman–Crippen MR) is 59.7 cm³/mol. The smallest absolute Gasteiger partial charge is 0.226 e. The molecule has 4 nitrogen and oxygen atoms in total. The molecule has 1 aromatic heterocycles. The van der Waals surface area contributed by atoms with Crippen LogP contribution >= 0.6 is 12.6 Å². The zero-order chi connectivity index (χ0) is 10.6. The van der Waals surface area contributed by atoms with Crippen LogP contribution in [0.25, 0.3) is 0 Å². The van der Waals surface area contributed by atoms with Crippen molar-refractivity contribution in [1.82, 2.24) is 9.78 Å². The molecular formula is C9H15N3OS. The monoisotopic (exact) mass is 213 g/mol. The number of nitrogens with one attached hydrogen (secondary N) is 1. The fourth-order valence-corrected chi connectivity index (χ4v) is 1.20. The first-order valence-electron chi connectivity index (χ1n) is 4.59. The number of hydrogen-bond acceptors (Lipinski definition) is 3. The van der Waals surface area contributed by atoms with Crippen LogP contribution in [0.3, 0.4) is 0 Å². The topological polar surface area (TPSA) is 46.9 Å². The molecule has 0 saturated carbocycles. The van der Waals surface area contributed by atoms with Gasteiger partial charge in [0.25, 0.3) is 0 Å². The zero-order valence-corrected chi connectivity index (χ0v) is 9.29. The summed E-state index contributed by atoms with van der Waals surface area (Å²) in [5.74, 6) is 1.11. The highest BCUT2D eigenvalue weighted by atomic mass is 32.1. The van der Waals surface area contributed by atoms with Crippen molar-refractivity contribution in [3.05, 3.63) is 12.3 Å². The maximum Gasteiger partial charge on any atom is 0.226 e. The van der Waals surface area contributed by atoms with Gasteiger partial charge in [-0.2, -0.15) is 17.7 Å². The molecule has 1 heterocycles. The fraction of sp³-hybridized carbons (Fsp3) is 0.556. The quantitative estimate of drug-likeness (QED) is 0.748. The van der Waals surface area contributed by atoms with Gasteiger partial charge in [0.2, 0.25) is 5.91 Å². The Morgan fingerprint density at radius 2 is 2.43 bits per heavy atom. The van der Waals surface area contributed by atoms with Crippen molar-refractivity contribution in [3.63, 3.8) is 0 Å². The van der Waals surface area contributed by atoms with Crippen LogP contribution in [0.1, 0.15) is 26.3 Å². The summed E-state index contributed by atoms with van der Waals surface area (Å²) in [4.78, 5) is 11.2. The third kappa shape index (κ3) is 3.06. The fourth-order valence-electron chi connectivity index (χ4n) is 0.999. The van der Waals surface area contributed by atoms with Gasteiger partial charge in [0.1, 0.15) is 0 Å². The Bertz CT molecular complexity index is 309. The molecule has 1 aromatic rings. The molecule has 1 N–H and O–H groups in total. The van der Waals surface area contributed by atoms with Crippen LogP contribution in [0, 0.1) is 0 Å². The van der Waals surface area contributed by atoms with E-state index < -0.39 is 0 Å². The lowest BCUT2D eigenvalue weighted by molar-refractivity contribution is -0.115. The Morgan fingerprint density at radius 3 is 2.93 bits per heavy atom. The van der Waals surface area contributed by atoms with E-state index in [1.807, 2.05) is 20.0 Å². The number of hydrogen-bond donors (Lipinski definition) is 2. The highest BCUT2D eigenvalue weighted by molar-refractivity contribution is 7.80. The lowest BCUT2D eigenvalue weighted by atomic mass is 10.4. The summed E-state index contributed by atoms with van der Waals surface area (Å²) in [5.41, 5.74) is 0. The van der Waals surface area contributed by atoms with Crippen molar-refractivity contribution in [2.24, 2.45) is 0 Å². The molecule has 1 rings (SSSR count). The zero-order valence-electron chi connectivity index (χ0n) is 8.40. The molecule has 14 heavy (non-hydrogen) atoms. The van der Waals surface area contributed by atoms with E-state index >= 15 is 0 Å². The lowest BCUT2D eigenvalue weighted by Crippen LogP contribution is -2.12. The van der Waals surface area contributed by atoms with Crippen molar-refractivity contribution < 1.29 is 4.79 Å². The maximum absolute atomic E-state index is 11.2. The van der Waals surface area contributed by atoms with E-state index in [0.717, 1.165) is 0 Å². The molecule has 1 amide bonds. The molecule has 0 aliphatic heterocycles. The minimum absolute atomic E-state index is 0.0472. The first kappa shape index (κ1) is 11.1. The lowest BCUT2D eigenvalue weighted by Gasteiger charge is -2.04. The second-order valence-corrected chi connectivity index (χ2v) is 3.74. The molecule has 5 heteroatoms. The first-order chi connectivity index (χ1) is 6.63. The molecule has 0 fully saturated rings. The Labute approximate surface area is 89.1 Å². The van der Waals surface area contributed by atoms with Crippen molar-refractivity contribution in [3.8, 4) is 0 Å². The number of amides is 1. The van der Waals surface area contributed by atoms with Gasteiger partial charge in [-0.3, -0.25) is 9.48 Å². The van der Waals surface area contributed by atoms with E-state index in [1.165, 1.54) is 0 Å². The minimum Gasteiger partial charge on any atom is -0.309 e. The van der Waals surface area contributed by atoms with E-state index in [2.05, 4.69) is 23.0 Å². The Hall–Kier alpha value is -0.970. The Morgan fingerprint density at radius 1 is 1.71 bits per heavy atom. The molecule has 0 bridgehead atoms. The van der Waals surface area contributed by atoms with Gasteiger partial charge in [0.15, 0.2) is 5.82 Å². The second kappa shape index (κ2) is 5.05. The molecule has 0 aliphatic rings. The van der Waals surface area contributed by atoms with Gasteiger partial charge in [-0.1, -0.05) is 0 Å². The van der Waals surface area contributed by atoms with Gasteiger partial charge < -0.3 is 5.32 Å². The Kier molecular flexibility index (Phi) is 4.00. The molecule has 0 saturated heterocycles. The second-order valence-electron chi connectivity index (χ2n) is 3.30. The Balaban J connectivity index is 2.55. The van der Waals surface area contributed by atoms with Gasteiger partial charge in [-0.05, 0) is 19.6 Å². The maximum atomic E-state index is 11.2.